The van der Waals surface area contributed by atoms with Crippen molar-refractivity contribution < 1.29 is 8.78 Å². The maximum atomic E-state index is 13.7. The maximum Gasteiger partial charge on any atom is 0.257 e. The van der Waals surface area contributed by atoms with E-state index >= 15 is 0 Å². The molecule has 0 unspecified atom stereocenters. The number of halogens is 2. The normalized spacial score (nSPS) is 26.8. The molecule has 0 nitrogen and oxygen atoms in total. The monoisotopic (exact) mass is 232 g/mol. The van der Waals surface area contributed by atoms with Gasteiger partial charge in [-0.1, -0.05) is 42.5 Å². The second kappa shape index (κ2) is 3.28. The zero-order chi connectivity index (χ0) is 12.1. The molecule has 2 heteroatoms. The van der Waals surface area contributed by atoms with Gasteiger partial charge in [-0.2, -0.15) is 0 Å². The fourth-order valence-electron chi connectivity index (χ4n) is 2.58. The summed E-state index contributed by atoms with van der Waals surface area (Å²) in [6, 6.07) is 13.6. The highest BCUT2D eigenvalue weighted by molar-refractivity contribution is 5.83. The van der Waals surface area contributed by atoms with Gasteiger partial charge in [-0.25, -0.2) is 8.78 Å². The minimum atomic E-state index is -2.56. The number of fused-ring (bicyclic) bond motifs is 1. The molecular formula is C15H14F2. The summed E-state index contributed by atoms with van der Waals surface area (Å²) in [5.41, 5.74) is -0.218. The van der Waals surface area contributed by atoms with Crippen LogP contribution in [0, 0.1) is 0 Å². The fraction of sp³-hybridized carbons (Fsp3) is 0.333. The van der Waals surface area contributed by atoms with E-state index in [-0.39, 0.29) is 6.42 Å². The van der Waals surface area contributed by atoms with Crippen LogP contribution >= 0.6 is 0 Å². The molecular weight excluding hydrogens is 218 g/mol. The Morgan fingerprint density at radius 2 is 1.65 bits per heavy atom. The predicted octanol–water partition coefficient (Wildman–Crippen LogP) is 4.53. The van der Waals surface area contributed by atoms with Crippen LogP contribution in [0.2, 0.25) is 0 Å². The van der Waals surface area contributed by atoms with Crippen LogP contribution in [-0.2, 0) is 5.41 Å². The first kappa shape index (κ1) is 10.7. The molecule has 1 saturated carbocycles. The molecule has 3 rings (SSSR count). The van der Waals surface area contributed by atoms with Gasteiger partial charge in [0.05, 0.1) is 5.41 Å². The highest BCUT2D eigenvalue weighted by atomic mass is 19.3. The molecule has 1 aliphatic carbocycles. The molecule has 0 bridgehead atoms. The van der Waals surface area contributed by atoms with Gasteiger partial charge in [0.15, 0.2) is 0 Å². The Labute approximate surface area is 99.3 Å². The van der Waals surface area contributed by atoms with Crippen LogP contribution in [0.4, 0.5) is 8.78 Å². The van der Waals surface area contributed by atoms with Crippen molar-refractivity contribution in [1.29, 1.82) is 0 Å². The lowest BCUT2D eigenvalue weighted by atomic mass is 9.62. The largest absolute Gasteiger partial charge is 0.257 e. The first-order chi connectivity index (χ1) is 8.03. The quantitative estimate of drug-likeness (QED) is 0.677. The van der Waals surface area contributed by atoms with Crippen molar-refractivity contribution in [2.24, 2.45) is 0 Å². The van der Waals surface area contributed by atoms with E-state index in [1.54, 1.807) is 6.92 Å². The van der Waals surface area contributed by atoms with Crippen LogP contribution in [0.25, 0.3) is 10.8 Å². The van der Waals surface area contributed by atoms with Crippen molar-refractivity contribution in [1.82, 2.24) is 0 Å². The van der Waals surface area contributed by atoms with Gasteiger partial charge in [0.1, 0.15) is 0 Å². The van der Waals surface area contributed by atoms with Gasteiger partial charge >= 0.3 is 0 Å². The molecule has 2 aromatic carbocycles. The summed E-state index contributed by atoms with van der Waals surface area (Å²) in [6.45, 7) is 1.67. The summed E-state index contributed by atoms with van der Waals surface area (Å²) in [6.07, 6.45) is 0.578. The number of alkyl halides is 2. The minimum Gasteiger partial charge on any atom is -0.206 e. The summed E-state index contributed by atoms with van der Waals surface area (Å²) >= 11 is 0. The Hall–Kier alpha value is -1.44. The summed E-state index contributed by atoms with van der Waals surface area (Å²) in [7, 11) is 0. The van der Waals surface area contributed by atoms with Gasteiger partial charge in [-0.05, 0) is 29.7 Å². The van der Waals surface area contributed by atoms with Crippen LogP contribution in [0.1, 0.15) is 25.3 Å². The van der Waals surface area contributed by atoms with E-state index in [1.807, 2.05) is 42.5 Å². The maximum absolute atomic E-state index is 13.7. The molecule has 17 heavy (non-hydrogen) atoms. The van der Waals surface area contributed by atoms with Crippen LogP contribution in [0.5, 0.6) is 0 Å². The molecule has 0 aliphatic heterocycles. The third kappa shape index (κ3) is 1.40. The van der Waals surface area contributed by atoms with E-state index in [9.17, 15) is 8.78 Å². The van der Waals surface area contributed by atoms with E-state index in [4.69, 9.17) is 0 Å². The molecule has 0 spiro atoms. The molecule has 0 heterocycles. The van der Waals surface area contributed by atoms with Gasteiger partial charge in [-0.15, -0.1) is 0 Å². The Bertz CT molecular complexity index is 574. The Balaban J connectivity index is 2.13. The van der Waals surface area contributed by atoms with Crippen molar-refractivity contribution >= 4 is 10.8 Å². The van der Waals surface area contributed by atoms with E-state index in [1.165, 1.54) is 0 Å². The molecule has 0 N–H and O–H groups in total. The molecule has 0 aromatic heterocycles. The minimum absolute atomic E-state index is 0.0102. The zero-order valence-corrected chi connectivity index (χ0v) is 9.71. The zero-order valence-electron chi connectivity index (χ0n) is 9.71. The smallest absolute Gasteiger partial charge is 0.206 e. The number of benzene rings is 2. The average molecular weight is 232 g/mol. The fourth-order valence-corrected chi connectivity index (χ4v) is 2.58. The lowest BCUT2D eigenvalue weighted by molar-refractivity contribution is -0.147. The summed E-state index contributed by atoms with van der Waals surface area (Å²) < 4.78 is 27.3. The first-order valence-corrected chi connectivity index (χ1v) is 5.90. The van der Waals surface area contributed by atoms with Crippen LogP contribution in [0.15, 0.2) is 42.5 Å². The average Bonchev–Trinajstić information content (AvgIpc) is 2.36. The van der Waals surface area contributed by atoms with E-state index in [0.717, 1.165) is 16.3 Å². The van der Waals surface area contributed by atoms with Crippen molar-refractivity contribution in [2.45, 2.75) is 31.1 Å². The van der Waals surface area contributed by atoms with Crippen LogP contribution < -0.4 is 0 Å². The van der Waals surface area contributed by atoms with Gasteiger partial charge < -0.3 is 0 Å². The van der Waals surface area contributed by atoms with Crippen LogP contribution in [-0.4, -0.2) is 5.92 Å². The highest BCUT2D eigenvalue weighted by Gasteiger charge is 2.59. The topological polar surface area (TPSA) is 0 Å². The molecule has 1 atom stereocenters. The Morgan fingerprint density at radius 3 is 2.24 bits per heavy atom. The number of hydrogen-bond donors (Lipinski definition) is 0. The summed E-state index contributed by atoms with van der Waals surface area (Å²) in [4.78, 5) is 0. The van der Waals surface area contributed by atoms with Gasteiger partial charge in [0.2, 0.25) is 0 Å². The standard InChI is InChI=1S/C15H14F2/c1-14(8-9-15(14,16)17)13-7-6-11-4-2-3-5-12(11)10-13/h2-7,10H,8-9H2,1H3/t14-/m1/s1. The molecule has 1 aliphatic rings. The third-order valence-electron chi connectivity index (χ3n) is 4.13. The van der Waals surface area contributed by atoms with Gasteiger partial charge in [0.25, 0.3) is 5.92 Å². The molecule has 0 radical (unpaired) electrons. The summed E-state index contributed by atoms with van der Waals surface area (Å²) in [5.74, 6) is -2.56. The number of hydrogen-bond acceptors (Lipinski definition) is 0. The lowest BCUT2D eigenvalue weighted by Crippen LogP contribution is -2.52. The van der Waals surface area contributed by atoms with E-state index < -0.39 is 11.3 Å². The summed E-state index contributed by atoms with van der Waals surface area (Å²) in [5, 5.41) is 2.14. The highest BCUT2D eigenvalue weighted by Crippen LogP contribution is 2.55. The molecule has 88 valence electrons. The lowest BCUT2D eigenvalue weighted by Gasteiger charge is -2.47. The van der Waals surface area contributed by atoms with Crippen molar-refractivity contribution in [3.05, 3.63) is 48.0 Å². The number of rotatable bonds is 1. The molecule has 0 amide bonds. The second-order valence-corrected chi connectivity index (χ2v) is 5.10. The van der Waals surface area contributed by atoms with Crippen molar-refractivity contribution in [3.63, 3.8) is 0 Å². The van der Waals surface area contributed by atoms with Crippen molar-refractivity contribution in [3.8, 4) is 0 Å². The van der Waals surface area contributed by atoms with Crippen molar-refractivity contribution in [2.75, 3.05) is 0 Å². The Kier molecular flexibility index (Phi) is 2.07. The van der Waals surface area contributed by atoms with Gasteiger partial charge in [-0.3, -0.25) is 0 Å². The second-order valence-electron chi connectivity index (χ2n) is 5.10. The van der Waals surface area contributed by atoms with Gasteiger partial charge in [0, 0.05) is 6.42 Å². The first-order valence-electron chi connectivity index (χ1n) is 5.90. The Morgan fingerprint density at radius 1 is 0.941 bits per heavy atom. The van der Waals surface area contributed by atoms with E-state index in [0.29, 0.717) is 6.42 Å². The predicted molar refractivity (Wildman–Crippen MR) is 65.5 cm³/mol. The third-order valence-corrected chi connectivity index (χ3v) is 4.13. The molecule has 0 saturated heterocycles. The van der Waals surface area contributed by atoms with E-state index in [2.05, 4.69) is 0 Å². The van der Waals surface area contributed by atoms with Crippen LogP contribution in [0.3, 0.4) is 0 Å². The molecule has 2 aromatic rings. The molecule has 1 fully saturated rings. The SMILES string of the molecule is C[C@]1(c2ccc3ccccc3c2)CCC1(F)F.